The molecule has 1 rings (SSSR count). The molecule has 0 nitrogen and oxygen atoms in total. The highest BCUT2D eigenvalue weighted by Gasteiger charge is 2.49. The summed E-state index contributed by atoms with van der Waals surface area (Å²) in [7, 11) is 0. The van der Waals surface area contributed by atoms with Gasteiger partial charge in [0.05, 0.1) is 0 Å². The van der Waals surface area contributed by atoms with E-state index in [4.69, 9.17) is 66.5 Å². The largest absolute Gasteiger partial charge is 0.348 e. The first kappa shape index (κ1) is 16.4. The summed E-state index contributed by atoms with van der Waals surface area (Å²) in [6.45, 7) is 1.84. The first-order chi connectivity index (χ1) is 7.64. The van der Waals surface area contributed by atoms with Gasteiger partial charge < -0.3 is 0 Å². The van der Waals surface area contributed by atoms with Crippen LogP contribution in [0.1, 0.15) is 18.0 Å². The Hall–Kier alpha value is 1.39. The lowest BCUT2D eigenvalue weighted by Gasteiger charge is -2.31. The Morgan fingerprint density at radius 2 is 1.29 bits per heavy atom. The van der Waals surface area contributed by atoms with Crippen LogP contribution in [0.2, 0.25) is 5.54 Å². The van der Waals surface area contributed by atoms with E-state index in [-0.39, 0.29) is 11.1 Å². The number of hydrogen-bond donors (Lipinski definition) is 0. The van der Waals surface area contributed by atoms with Gasteiger partial charge in [0.15, 0.2) is 0 Å². The van der Waals surface area contributed by atoms with Crippen molar-refractivity contribution in [2.75, 3.05) is 0 Å². The van der Waals surface area contributed by atoms with Gasteiger partial charge in [0.25, 0.3) is 0 Å². The van der Waals surface area contributed by atoms with Crippen molar-refractivity contribution in [3.63, 3.8) is 0 Å². The van der Waals surface area contributed by atoms with Crippen molar-refractivity contribution < 1.29 is 0 Å². The molecule has 0 heterocycles. The van der Waals surface area contributed by atoms with Crippen LogP contribution in [0.25, 0.3) is 0 Å². The molecule has 8 heteroatoms. The van der Waals surface area contributed by atoms with Crippen LogP contribution in [0.15, 0.2) is 30.3 Å². The molecule has 1 aromatic carbocycles. The zero-order valence-corrected chi connectivity index (χ0v) is 15.3. The summed E-state index contributed by atoms with van der Waals surface area (Å²) in [5.74, 6) is 0. The normalized spacial score (nSPS) is 16.6. The number of hydrogen-bond acceptors (Lipinski definition) is 0. The maximum Gasteiger partial charge on any atom is 0.348 e. The molecule has 0 amide bonds. The number of halogens is 6. The van der Waals surface area contributed by atoms with Crippen molar-refractivity contribution >= 4 is 78.5 Å². The molecule has 1 aromatic rings. The van der Waals surface area contributed by atoms with Crippen LogP contribution in [0.4, 0.5) is 0 Å². The molecule has 0 fully saturated rings. The van der Waals surface area contributed by atoms with E-state index in [0.717, 1.165) is 5.56 Å². The van der Waals surface area contributed by atoms with Crippen LogP contribution in [0, 0.1) is 0 Å². The van der Waals surface area contributed by atoms with Crippen molar-refractivity contribution in [2.24, 2.45) is 0 Å². The van der Waals surface area contributed by atoms with E-state index in [1.807, 2.05) is 37.3 Å². The van der Waals surface area contributed by atoms with Crippen molar-refractivity contribution in [3.8, 4) is 0 Å². The first-order valence-electron chi connectivity index (χ1n) is 4.82. The molecule has 17 heavy (non-hydrogen) atoms. The Labute approximate surface area is 131 Å². The molecule has 0 N–H and O–H groups in total. The molecular formula is C9H10Cl6Si2. The lowest BCUT2D eigenvalue weighted by molar-refractivity contribution is 0.857. The van der Waals surface area contributed by atoms with Gasteiger partial charge in [-0.15, -0.1) is 66.5 Å². The summed E-state index contributed by atoms with van der Waals surface area (Å²) >= 11 is 36.6. The summed E-state index contributed by atoms with van der Waals surface area (Å²) in [5, 5.41) is 0. The van der Waals surface area contributed by atoms with E-state index >= 15 is 0 Å². The van der Waals surface area contributed by atoms with Gasteiger partial charge in [-0.2, -0.15) is 0 Å². The van der Waals surface area contributed by atoms with E-state index in [0.29, 0.717) is 0 Å². The quantitative estimate of drug-likeness (QED) is 0.439. The molecule has 0 spiro atoms. The second-order valence-corrected chi connectivity index (χ2v) is 21.7. The van der Waals surface area contributed by atoms with Crippen molar-refractivity contribution in [3.05, 3.63) is 35.9 Å². The predicted octanol–water partition coefficient (Wildman–Crippen LogP) is 6.01. The monoisotopic (exact) mass is 384 g/mol. The van der Waals surface area contributed by atoms with Crippen LogP contribution in [-0.4, -0.2) is 12.0 Å². The summed E-state index contributed by atoms with van der Waals surface area (Å²) in [6, 6.07) is 3.56. The Bertz CT molecular complexity index is 358. The van der Waals surface area contributed by atoms with Crippen molar-refractivity contribution in [1.29, 1.82) is 0 Å². The van der Waals surface area contributed by atoms with E-state index in [1.165, 1.54) is 0 Å². The summed E-state index contributed by atoms with van der Waals surface area (Å²) in [6.07, 6.45) is 0. The van der Waals surface area contributed by atoms with E-state index < -0.39 is 12.0 Å². The van der Waals surface area contributed by atoms with Crippen LogP contribution in [0.5, 0.6) is 0 Å². The molecule has 0 bridgehead atoms. The molecule has 2 atom stereocenters. The van der Waals surface area contributed by atoms with Crippen LogP contribution in [-0.2, 0) is 0 Å². The second kappa shape index (κ2) is 6.23. The molecule has 2 unspecified atom stereocenters. The van der Waals surface area contributed by atoms with Crippen LogP contribution in [0.3, 0.4) is 0 Å². The van der Waals surface area contributed by atoms with Gasteiger partial charge >= 0.3 is 12.0 Å². The van der Waals surface area contributed by atoms with Crippen molar-refractivity contribution in [1.82, 2.24) is 0 Å². The smallest absolute Gasteiger partial charge is 0.126 e. The van der Waals surface area contributed by atoms with E-state index in [9.17, 15) is 0 Å². The van der Waals surface area contributed by atoms with Crippen LogP contribution >= 0.6 is 66.5 Å². The zero-order valence-electron chi connectivity index (χ0n) is 8.81. The molecule has 0 aliphatic carbocycles. The summed E-state index contributed by atoms with van der Waals surface area (Å²) in [5.41, 5.74) is 0.382. The molecule has 96 valence electrons. The SMILES string of the molecule is CC(C(c1ccccc1)[Si](Cl)(Cl)Cl)[Si](Cl)(Cl)Cl. The minimum atomic E-state index is -3.00. The number of benzene rings is 1. The Balaban J connectivity index is 3.15. The topological polar surface area (TPSA) is 0 Å². The fraction of sp³-hybridized carbons (Fsp3) is 0.333. The predicted molar refractivity (Wildman–Crippen MR) is 85.2 cm³/mol. The van der Waals surface area contributed by atoms with Gasteiger partial charge in [-0.3, -0.25) is 0 Å². The highest BCUT2D eigenvalue weighted by Crippen LogP contribution is 2.51. The highest BCUT2D eigenvalue weighted by molar-refractivity contribution is 7.67. The average Bonchev–Trinajstić information content (AvgIpc) is 2.15. The van der Waals surface area contributed by atoms with E-state index in [1.54, 1.807) is 0 Å². The van der Waals surface area contributed by atoms with Gasteiger partial charge in [-0.1, -0.05) is 37.3 Å². The van der Waals surface area contributed by atoms with Crippen LogP contribution < -0.4 is 0 Å². The fourth-order valence-corrected chi connectivity index (χ4v) is 10.7. The minimum Gasteiger partial charge on any atom is -0.126 e. The minimum absolute atomic E-state index is 0.242. The number of rotatable bonds is 4. The Morgan fingerprint density at radius 3 is 1.65 bits per heavy atom. The average molecular weight is 387 g/mol. The Kier molecular flexibility index (Phi) is 6.03. The maximum absolute atomic E-state index is 6.15. The third kappa shape index (κ3) is 4.77. The molecular weight excluding hydrogens is 377 g/mol. The molecule has 0 radical (unpaired) electrons. The maximum atomic E-state index is 6.15. The first-order valence-corrected chi connectivity index (χ1v) is 15.0. The van der Waals surface area contributed by atoms with Gasteiger partial charge in [0, 0.05) is 5.54 Å². The standard InChI is InChI=1S/C9H10Cl6Si2/c1-7(16(10,11)12)9(17(13,14)15)8-5-3-2-4-6-8/h2-7,9H,1H3. The molecule has 0 aromatic heterocycles. The molecule has 0 aliphatic heterocycles. The van der Waals surface area contributed by atoms with Gasteiger partial charge in [-0.05, 0) is 11.1 Å². The summed E-state index contributed by atoms with van der Waals surface area (Å²) in [4.78, 5) is 0. The summed E-state index contributed by atoms with van der Waals surface area (Å²) < 4.78 is 0. The van der Waals surface area contributed by atoms with Gasteiger partial charge in [0.1, 0.15) is 0 Å². The lowest BCUT2D eigenvalue weighted by atomic mass is 10.1. The zero-order chi connectivity index (χ0) is 13.3. The molecule has 0 aliphatic rings. The third-order valence-electron chi connectivity index (χ3n) is 2.53. The molecule has 0 saturated heterocycles. The molecule has 0 saturated carbocycles. The second-order valence-electron chi connectivity index (χ2n) is 3.76. The Morgan fingerprint density at radius 1 is 0.824 bits per heavy atom. The van der Waals surface area contributed by atoms with E-state index in [2.05, 4.69) is 0 Å². The highest BCUT2D eigenvalue weighted by atomic mass is 35.8. The lowest BCUT2D eigenvalue weighted by Crippen LogP contribution is -2.34. The van der Waals surface area contributed by atoms with Gasteiger partial charge in [-0.25, -0.2) is 0 Å². The van der Waals surface area contributed by atoms with Gasteiger partial charge in [0.2, 0.25) is 0 Å². The third-order valence-corrected chi connectivity index (χ3v) is 11.0. The van der Waals surface area contributed by atoms with Crippen molar-refractivity contribution in [2.45, 2.75) is 18.0 Å². The fourth-order valence-electron chi connectivity index (χ4n) is 1.61.